The maximum absolute atomic E-state index is 12.5. The molecule has 0 aromatic heterocycles. The number of aliphatic imine (C=N–C) groups is 1. The van der Waals surface area contributed by atoms with Gasteiger partial charge in [0.05, 0.1) is 6.04 Å². The molecule has 1 fully saturated rings. The third-order valence-corrected chi connectivity index (χ3v) is 6.36. The lowest BCUT2D eigenvalue weighted by atomic mass is 9.88. The second-order valence-electron chi connectivity index (χ2n) is 6.46. The quantitative estimate of drug-likeness (QED) is 0.875. The first-order valence-electron chi connectivity index (χ1n) is 7.94. The number of halogens is 1. The Bertz CT molecular complexity index is 776. The van der Waals surface area contributed by atoms with E-state index in [0.717, 1.165) is 31.6 Å². The van der Waals surface area contributed by atoms with Crippen molar-refractivity contribution in [1.82, 2.24) is 4.72 Å². The van der Waals surface area contributed by atoms with Gasteiger partial charge in [-0.2, -0.15) is 0 Å². The number of rotatable bonds is 2. The average Bonchev–Trinajstić information content (AvgIpc) is 2.70. The predicted octanol–water partition coefficient (Wildman–Crippen LogP) is 3.98. The van der Waals surface area contributed by atoms with E-state index in [1.165, 1.54) is 0 Å². The van der Waals surface area contributed by atoms with E-state index in [-0.39, 0.29) is 10.9 Å². The fraction of sp³-hybridized carbons (Fsp3) is 0.471. The van der Waals surface area contributed by atoms with Crippen molar-refractivity contribution in [2.24, 2.45) is 10.9 Å². The summed E-state index contributed by atoms with van der Waals surface area (Å²) in [4.78, 5) is 4.96. The number of nitrogens with zero attached hydrogens (tertiary/aromatic N) is 1. The van der Waals surface area contributed by atoms with Crippen LogP contribution in [0, 0.1) is 5.92 Å². The molecule has 0 amide bonds. The summed E-state index contributed by atoms with van der Waals surface area (Å²) in [6.07, 6.45) is 4.34. The Morgan fingerprint density at radius 2 is 1.91 bits per heavy atom. The van der Waals surface area contributed by atoms with Crippen molar-refractivity contribution < 1.29 is 8.42 Å². The summed E-state index contributed by atoms with van der Waals surface area (Å²) >= 11 is 6.00. The second-order valence-corrected chi connectivity index (χ2v) is 8.52. The maximum atomic E-state index is 12.5. The highest BCUT2D eigenvalue weighted by Gasteiger charge is 2.33. The number of amidine groups is 1. The number of nitrogens with one attached hydrogen (secondary N) is 1. The summed E-state index contributed by atoms with van der Waals surface area (Å²) in [5.74, 6) is 1.23. The SMILES string of the molecule is CC1=C(c2cccc(Cl)c2)S(=O)(=O)NC1=NC1CCC(C)CC1. The Hall–Kier alpha value is -1.33. The highest BCUT2D eigenvalue weighted by Crippen LogP contribution is 2.32. The van der Waals surface area contributed by atoms with Crippen LogP contribution in [0.25, 0.3) is 4.91 Å². The van der Waals surface area contributed by atoms with Gasteiger partial charge in [-0.3, -0.25) is 9.71 Å². The molecule has 1 N–H and O–H groups in total. The van der Waals surface area contributed by atoms with Gasteiger partial charge < -0.3 is 0 Å². The lowest BCUT2D eigenvalue weighted by Gasteiger charge is -2.23. The first-order valence-corrected chi connectivity index (χ1v) is 9.81. The summed E-state index contributed by atoms with van der Waals surface area (Å²) in [5, 5.41) is 0.518. The third-order valence-electron chi connectivity index (χ3n) is 4.58. The van der Waals surface area contributed by atoms with Gasteiger partial charge >= 0.3 is 0 Å². The Morgan fingerprint density at radius 3 is 2.57 bits per heavy atom. The van der Waals surface area contributed by atoms with Gasteiger partial charge in [0.15, 0.2) is 0 Å². The van der Waals surface area contributed by atoms with Gasteiger partial charge in [0.25, 0.3) is 10.0 Å². The lowest BCUT2D eigenvalue weighted by Crippen LogP contribution is -2.26. The maximum Gasteiger partial charge on any atom is 0.264 e. The van der Waals surface area contributed by atoms with Crippen LogP contribution in [0.1, 0.15) is 45.1 Å². The van der Waals surface area contributed by atoms with Crippen LogP contribution in [0.3, 0.4) is 0 Å². The van der Waals surface area contributed by atoms with E-state index < -0.39 is 10.0 Å². The van der Waals surface area contributed by atoms with Crippen molar-refractivity contribution in [2.45, 2.75) is 45.6 Å². The fourth-order valence-electron chi connectivity index (χ4n) is 3.24. The zero-order valence-corrected chi connectivity index (χ0v) is 14.9. The molecule has 0 unspecified atom stereocenters. The van der Waals surface area contributed by atoms with Gasteiger partial charge in [-0.15, -0.1) is 0 Å². The molecule has 1 aromatic rings. The van der Waals surface area contributed by atoms with E-state index in [1.54, 1.807) is 31.2 Å². The molecular weight excluding hydrogens is 332 g/mol. The van der Waals surface area contributed by atoms with E-state index in [2.05, 4.69) is 16.6 Å². The summed E-state index contributed by atoms with van der Waals surface area (Å²) < 4.78 is 27.6. The Labute approximate surface area is 142 Å². The molecule has 0 saturated heterocycles. The minimum absolute atomic E-state index is 0.206. The van der Waals surface area contributed by atoms with Gasteiger partial charge in [-0.1, -0.05) is 30.7 Å². The van der Waals surface area contributed by atoms with E-state index in [9.17, 15) is 8.42 Å². The van der Waals surface area contributed by atoms with Crippen molar-refractivity contribution in [2.75, 3.05) is 0 Å². The van der Waals surface area contributed by atoms with Crippen LogP contribution in [0.5, 0.6) is 0 Å². The van der Waals surface area contributed by atoms with Crippen molar-refractivity contribution in [3.63, 3.8) is 0 Å². The monoisotopic (exact) mass is 352 g/mol. The number of hydrogen-bond acceptors (Lipinski definition) is 3. The van der Waals surface area contributed by atoms with E-state index in [0.29, 0.717) is 22.0 Å². The molecule has 0 atom stereocenters. The summed E-state index contributed by atoms with van der Waals surface area (Å²) in [6.45, 7) is 4.06. The van der Waals surface area contributed by atoms with Crippen molar-refractivity contribution in [1.29, 1.82) is 0 Å². The lowest BCUT2D eigenvalue weighted by molar-refractivity contribution is 0.349. The van der Waals surface area contributed by atoms with Crippen LogP contribution in [-0.2, 0) is 10.0 Å². The van der Waals surface area contributed by atoms with Gasteiger partial charge in [0.1, 0.15) is 10.7 Å². The van der Waals surface area contributed by atoms with Crippen molar-refractivity contribution in [3.8, 4) is 0 Å². The van der Waals surface area contributed by atoms with Gasteiger partial charge in [0, 0.05) is 10.6 Å². The van der Waals surface area contributed by atoms with Crippen molar-refractivity contribution >= 4 is 32.4 Å². The average molecular weight is 353 g/mol. The van der Waals surface area contributed by atoms with Crippen LogP contribution < -0.4 is 4.72 Å². The summed E-state index contributed by atoms with van der Waals surface area (Å²) in [7, 11) is -3.58. The second kappa shape index (κ2) is 6.29. The smallest absolute Gasteiger partial charge is 0.264 e. The molecule has 0 spiro atoms. The number of sulfonamides is 1. The van der Waals surface area contributed by atoms with E-state index >= 15 is 0 Å². The molecule has 1 saturated carbocycles. The van der Waals surface area contributed by atoms with Crippen molar-refractivity contribution in [3.05, 3.63) is 40.4 Å². The number of benzene rings is 1. The standard InChI is InChI=1S/C17H21ClN2O2S/c1-11-6-8-15(9-7-11)19-17-12(2)16(23(21,22)20-17)13-4-3-5-14(18)10-13/h3-5,10-11,15H,6-9H2,1-2H3,(H,19,20). The van der Waals surface area contributed by atoms with E-state index in [4.69, 9.17) is 11.6 Å². The Morgan fingerprint density at radius 1 is 1.22 bits per heavy atom. The van der Waals surface area contributed by atoms with Crippen LogP contribution in [0.4, 0.5) is 0 Å². The van der Waals surface area contributed by atoms with Crippen LogP contribution in [-0.4, -0.2) is 20.3 Å². The van der Waals surface area contributed by atoms with Gasteiger partial charge in [0.2, 0.25) is 0 Å². The van der Waals surface area contributed by atoms with Crippen LogP contribution in [0.15, 0.2) is 34.8 Å². The minimum Gasteiger partial charge on any atom is -0.264 e. The fourth-order valence-corrected chi connectivity index (χ4v) is 4.93. The summed E-state index contributed by atoms with van der Waals surface area (Å²) in [6, 6.07) is 7.12. The first-order chi connectivity index (χ1) is 10.9. The zero-order valence-electron chi connectivity index (χ0n) is 13.3. The van der Waals surface area contributed by atoms with Crippen LogP contribution >= 0.6 is 11.6 Å². The highest BCUT2D eigenvalue weighted by atomic mass is 35.5. The molecule has 1 aromatic carbocycles. The third kappa shape index (κ3) is 3.45. The molecule has 4 nitrogen and oxygen atoms in total. The molecule has 0 radical (unpaired) electrons. The topological polar surface area (TPSA) is 58.5 Å². The van der Waals surface area contributed by atoms with E-state index in [1.807, 2.05) is 0 Å². The first kappa shape index (κ1) is 16.5. The number of hydrogen-bond donors (Lipinski definition) is 1. The normalized spacial score (nSPS) is 28.9. The zero-order chi connectivity index (χ0) is 16.6. The van der Waals surface area contributed by atoms with Crippen LogP contribution in [0.2, 0.25) is 5.02 Å². The molecule has 23 heavy (non-hydrogen) atoms. The minimum atomic E-state index is -3.58. The molecule has 1 heterocycles. The molecular formula is C17H21ClN2O2S. The Balaban J connectivity index is 1.96. The Kier molecular flexibility index (Phi) is 4.52. The molecule has 1 aliphatic carbocycles. The molecule has 0 bridgehead atoms. The highest BCUT2D eigenvalue weighted by molar-refractivity contribution is 8.00. The molecule has 3 rings (SSSR count). The molecule has 124 valence electrons. The van der Waals surface area contributed by atoms with Gasteiger partial charge in [-0.05, 0) is 56.2 Å². The summed E-state index contributed by atoms with van der Waals surface area (Å²) in [5.41, 5.74) is 1.27. The molecule has 1 aliphatic heterocycles. The largest absolute Gasteiger partial charge is 0.264 e. The molecule has 2 aliphatic rings. The van der Waals surface area contributed by atoms with Gasteiger partial charge in [-0.25, -0.2) is 8.42 Å². The molecule has 6 heteroatoms. The predicted molar refractivity (Wildman–Crippen MR) is 95.0 cm³/mol.